The summed E-state index contributed by atoms with van der Waals surface area (Å²) in [5.74, 6) is 0.240. The Balaban J connectivity index is 2.15. The molecule has 1 aliphatic rings. The lowest BCUT2D eigenvalue weighted by molar-refractivity contribution is -0.142. The maximum absolute atomic E-state index is 11.1. The van der Waals surface area contributed by atoms with Crippen LogP contribution in [0.2, 0.25) is 0 Å². The highest BCUT2D eigenvalue weighted by Gasteiger charge is 2.29. The van der Waals surface area contributed by atoms with E-state index in [9.17, 15) is 4.79 Å². The van der Waals surface area contributed by atoms with Gasteiger partial charge in [0.05, 0.1) is 5.92 Å². The third kappa shape index (κ3) is 2.97. The van der Waals surface area contributed by atoms with E-state index in [1.54, 1.807) is 6.20 Å². The molecule has 0 radical (unpaired) electrons. The predicted octanol–water partition coefficient (Wildman–Crippen LogP) is 2.39. The van der Waals surface area contributed by atoms with Gasteiger partial charge in [-0.05, 0) is 40.4 Å². The molecular weight excluding hydrogens is 284 g/mol. The highest BCUT2D eigenvalue weighted by atomic mass is 79.9. The van der Waals surface area contributed by atoms with Crippen LogP contribution in [0.25, 0.3) is 0 Å². The summed E-state index contributed by atoms with van der Waals surface area (Å²) in [6.07, 6.45) is 2.49. The van der Waals surface area contributed by atoms with E-state index < -0.39 is 5.97 Å². The molecule has 1 N–H and O–H groups in total. The minimum absolute atomic E-state index is 0.288. The van der Waals surface area contributed by atoms with Crippen molar-refractivity contribution in [3.63, 3.8) is 0 Å². The number of hydrogen-bond donors (Lipinski definition) is 1. The van der Waals surface area contributed by atoms with Crippen LogP contribution in [0.1, 0.15) is 13.3 Å². The number of piperidine rings is 1. The van der Waals surface area contributed by atoms with Crippen molar-refractivity contribution >= 4 is 27.7 Å². The second kappa shape index (κ2) is 5.04. The Morgan fingerprint density at radius 1 is 1.53 bits per heavy atom. The normalized spacial score (nSPS) is 24.7. The lowest BCUT2D eigenvalue weighted by Crippen LogP contribution is -2.42. The van der Waals surface area contributed by atoms with Crippen molar-refractivity contribution in [1.29, 1.82) is 0 Å². The summed E-state index contributed by atoms with van der Waals surface area (Å²) in [6, 6.07) is 3.85. The van der Waals surface area contributed by atoms with E-state index >= 15 is 0 Å². The molecule has 1 aromatic rings. The molecule has 1 fully saturated rings. The fourth-order valence-corrected chi connectivity index (χ4v) is 2.51. The summed E-state index contributed by atoms with van der Waals surface area (Å²) < 4.78 is 0.932. The number of carboxylic acid groups (broad SMARTS) is 1. The average molecular weight is 299 g/mol. The molecule has 2 heterocycles. The SMILES string of the molecule is CC1CC(C(=O)O)CN(c2ccc(Br)cn2)C1. The second-order valence-corrected chi connectivity index (χ2v) is 5.53. The van der Waals surface area contributed by atoms with E-state index in [1.165, 1.54) is 0 Å². The van der Waals surface area contributed by atoms with Gasteiger partial charge >= 0.3 is 5.97 Å². The van der Waals surface area contributed by atoms with E-state index in [0.29, 0.717) is 12.5 Å². The van der Waals surface area contributed by atoms with Gasteiger partial charge < -0.3 is 10.0 Å². The summed E-state index contributed by atoms with van der Waals surface area (Å²) in [5, 5.41) is 9.11. The lowest BCUT2D eigenvalue weighted by Gasteiger charge is -2.35. The number of carboxylic acids is 1. The molecule has 2 unspecified atom stereocenters. The van der Waals surface area contributed by atoms with E-state index in [-0.39, 0.29) is 5.92 Å². The van der Waals surface area contributed by atoms with Gasteiger partial charge in [0.1, 0.15) is 5.82 Å². The maximum atomic E-state index is 11.1. The number of aliphatic carboxylic acids is 1. The Hall–Kier alpha value is -1.10. The van der Waals surface area contributed by atoms with Crippen molar-refractivity contribution in [2.24, 2.45) is 11.8 Å². The molecule has 0 bridgehead atoms. The van der Waals surface area contributed by atoms with Gasteiger partial charge in [-0.2, -0.15) is 0 Å². The summed E-state index contributed by atoms with van der Waals surface area (Å²) in [4.78, 5) is 17.4. The Kier molecular flexibility index (Phi) is 3.66. The number of nitrogens with zero attached hydrogens (tertiary/aromatic N) is 2. The highest BCUT2D eigenvalue weighted by molar-refractivity contribution is 9.10. The number of hydrogen-bond acceptors (Lipinski definition) is 3. The quantitative estimate of drug-likeness (QED) is 0.911. The molecule has 2 rings (SSSR count). The first-order chi connectivity index (χ1) is 8.06. The van der Waals surface area contributed by atoms with Crippen LogP contribution in [0, 0.1) is 11.8 Å². The molecule has 1 aromatic heterocycles. The van der Waals surface area contributed by atoms with Crippen LogP contribution < -0.4 is 4.90 Å². The van der Waals surface area contributed by atoms with Crippen molar-refractivity contribution < 1.29 is 9.90 Å². The predicted molar refractivity (Wildman–Crippen MR) is 69.1 cm³/mol. The number of pyridine rings is 1. The molecule has 17 heavy (non-hydrogen) atoms. The average Bonchev–Trinajstić information content (AvgIpc) is 2.29. The minimum atomic E-state index is -0.710. The van der Waals surface area contributed by atoms with Crippen LogP contribution in [-0.4, -0.2) is 29.1 Å². The molecule has 0 aromatic carbocycles. The van der Waals surface area contributed by atoms with Crippen LogP contribution in [0.4, 0.5) is 5.82 Å². The Bertz CT molecular complexity index is 407. The van der Waals surface area contributed by atoms with Crippen molar-refractivity contribution in [3.8, 4) is 0 Å². The van der Waals surface area contributed by atoms with Gasteiger partial charge in [0.15, 0.2) is 0 Å². The van der Waals surface area contributed by atoms with Crippen molar-refractivity contribution in [1.82, 2.24) is 4.98 Å². The first-order valence-corrected chi connectivity index (χ1v) is 6.45. The van der Waals surface area contributed by atoms with E-state index in [1.807, 2.05) is 12.1 Å². The molecule has 0 aliphatic carbocycles. The molecular formula is C12H15BrN2O2. The van der Waals surface area contributed by atoms with Crippen LogP contribution in [0.15, 0.2) is 22.8 Å². The molecule has 1 aliphatic heterocycles. The van der Waals surface area contributed by atoms with Crippen LogP contribution in [-0.2, 0) is 4.79 Å². The highest BCUT2D eigenvalue weighted by Crippen LogP contribution is 2.26. The van der Waals surface area contributed by atoms with Gasteiger partial charge in [-0.1, -0.05) is 6.92 Å². The summed E-state index contributed by atoms with van der Waals surface area (Å²) in [6.45, 7) is 3.51. The number of halogens is 1. The molecule has 0 saturated carbocycles. The smallest absolute Gasteiger partial charge is 0.308 e. The zero-order valence-corrected chi connectivity index (χ0v) is 11.2. The second-order valence-electron chi connectivity index (χ2n) is 4.62. The Morgan fingerprint density at radius 2 is 2.29 bits per heavy atom. The molecule has 92 valence electrons. The maximum Gasteiger partial charge on any atom is 0.308 e. The molecule has 4 nitrogen and oxygen atoms in total. The monoisotopic (exact) mass is 298 g/mol. The van der Waals surface area contributed by atoms with E-state index in [0.717, 1.165) is 23.3 Å². The third-order valence-electron chi connectivity index (χ3n) is 3.04. The molecule has 2 atom stereocenters. The molecule has 1 saturated heterocycles. The number of aromatic nitrogens is 1. The van der Waals surface area contributed by atoms with Crippen molar-refractivity contribution in [3.05, 3.63) is 22.8 Å². The van der Waals surface area contributed by atoms with Crippen molar-refractivity contribution in [2.45, 2.75) is 13.3 Å². The van der Waals surface area contributed by atoms with Crippen LogP contribution in [0.5, 0.6) is 0 Å². The first-order valence-electron chi connectivity index (χ1n) is 5.65. The number of anilines is 1. The fourth-order valence-electron chi connectivity index (χ4n) is 2.27. The third-order valence-corrected chi connectivity index (χ3v) is 3.51. The minimum Gasteiger partial charge on any atom is -0.481 e. The zero-order chi connectivity index (χ0) is 12.4. The van der Waals surface area contributed by atoms with Gasteiger partial charge in [0.25, 0.3) is 0 Å². The van der Waals surface area contributed by atoms with Gasteiger partial charge in [-0.25, -0.2) is 4.98 Å². The Morgan fingerprint density at radius 3 is 2.88 bits per heavy atom. The lowest BCUT2D eigenvalue weighted by atomic mass is 9.90. The number of rotatable bonds is 2. The molecule has 0 spiro atoms. The molecule has 5 heteroatoms. The fraction of sp³-hybridized carbons (Fsp3) is 0.500. The van der Waals surface area contributed by atoms with Crippen LogP contribution in [0.3, 0.4) is 0 Å². The summed E-state index contributed by atoms with van der Waals surface area (Å²) >= 11 is 3.34. The standard InChI is InChI=1S/C12H15BrN2O2/c1-8-4-9(12(16)17)7-15(6-8)11-3-2-10(13)5-14-11/h2-3,5,8-9H,4,6-7H2,1H3,(H,16,17). The Labute approximate surface area is 109 Å². The first kappa shape index (κ1) is 12.4. The zero-order valence-electron chi connectivity index (χ0n) is 9.64. The van der Waals surface area contributed by atoms with Gasteiger partial charge in [0.2, 0.25) is 0 Å². The summed E-state index contributed by atoms with van der Waals surface area (Å²) in [5.41, 5.74) is 0. The van der Waals surface area contributed by atoms with E-state index in [2.05, 4.69) is 32.7 Å². The number of carbonyl (C=O) groups is 1. The van der Waals surface area contributed by atoms with E-state index in [4.69, 9.17) is 5.11 Å². The topological polar surface area (TPSA) is 53.4 Å². The largest absolute Gasteiger partial charge is 0.481 e. The van der Waals surface area contributed by atoms with Crippen LogP contribution >= 0.6 is 15.9 Å². The van der Waals surface area contributed by atoms with Gasteiger partial charge in [-0.3, -0.25) is 4.79 Å². The van der Waals surface area contributed by atoms with Crippen molar-refractivity contribution in [2.75, 3.05) is 18.0 Å². The molecule has 0 amide bonds. The van der Waals surface area contributed by atoms with Gasteiger partial charge in [-0.15, -0.1) is 0 Å². The van der Waals surface area contributed by atoms with Gasteiger partial charge in [0, 0.05) is 23.8 Å². The summed E-state index contributed by atoms with van der Waals surface area (Å²) in [7, 11) is 0.